The van der Waals surface area contributed by atoms with E-state index in [4.69, 9.17) is 9.47 Å². The first kappa shape index (κ1) is 26.0. The molecule has 2 fully saturated rings. The molecular weight excluding hydrogens is 452 g/mol. The number of aliphatic hydroxyl groups is 3. The number of fused-ring (bicyclic) bond motifs is 2. The van der Waals surface area contributed by atoms with Crippen molar-refractivity contribution >= 4 is 17.5 Å². The zero-order valence-electron chi connectivity index (χ0n) is 20.4. The lowest BCUT2D eigenvalue weighted by Crippen LogP contribution is -2.61. The first-order valence-corrected chi connectivity index (χ1v) is 13.0. The van der Waals surface area contributed by atoms with Crippen molar-refractivity contribution < 1.29 is 34.4 Å². The summed E-state index contributed by atoms with van der Waals surface area (Å²) in [5, 5.41) is 31.8. The molecule has 2 saturated heterocycles. The maximum absolute atomic E-state index is 13.5. The Morgan fingerprint density at radius 2 is 1.77 bits per heavy atom. The molecular formula is C26H38N2O7. The van der Waals surface area contributed by atoms with Gasteiger partial charge in [-0.25, -0.2) is 0 Å². The molecule has 3 aliphatic heterocycles. The van der Waals surface area contributed by atoms with E-state index in [9.17, 15) is 24.9 Å². The largest absolute Gasteiger partial charge is 0.388 e. The van der Waals surface area contributed by atoms with E-state index in [1.54, 1.807) is 29.2 Å². The highest BCUT2D eigenvalue weighted by molar-refractivity contribution is 6.11. The van der Waals surface area contributed by atoms with Gasteiger partial charge in [0.2, 0.25) is 5.91 Å². The zero-order chi connectivity index (χ0) is 24.9. The predicted molar refractivity (Wildman–Crippen MR) is 129 cm³/mol. The molecule has 0 aliphatic carbocycles. The second-order valence-corrected chi connectivity index (χ2v) is 9.77. The van der Waals surface area contributed by atoms with Crippen LogP contribution >= 0.6 is 0 Å². The van der Waals surface area contributed by atoms with Gasteiger partial charge in [-0.3, -0.25) is 9.59 Å². The number of nitrogens with zero attached hydrogens (tertiary/aromatic N) is 2. The summed E-state index contributed by atoms with van der Waals surface area (Å²) in [5.41, 5.74) is 0.880. The zero-order valence-corrected chi connectivity index (χ0v) is 20.4. The van der Waals surface area contributed by atoms with Crippen LogP contribution in [-0.4, -0.2) is 88.5 Å². The summed E-state index contributed by atoms with van der Waals surface area (Å²) in [6.45, 7) is 2.97. The van der Waals surface area contributed by atoms with Crippen molar-refractivity contribution in [2.75, 3.05) is 24.6 Å². The third-order valence-electron chi connectivity index (χ3n) is 7.32. The van der Waals surface area contributed by atoms with Crippen LogP contribution in [0.25, 0.3) is 0 Å². The SMILES string of the molecule is CCCCCCCCO[C@H]1[C@H](O)[C@@H](CN2C(=O)C3CCCN3C(=O)c3ccccc32)OC(O)[C@@H]1O. The van der Waals surface area contributed by atoms with Crippen molar-refractivity contribution in [1.82, 2.24) is 4.90 Å². The molecule has 9 nitrogen and oxygen atoms in total. The maximum atomic E-state index is 13.5. The highest BCUT2D eigenvalue weighted by Gasteiger charge is 2.48. The van der Waals surface area contributed by atoms with Crippen molar-refractivity contribution in [2.24, 2.45) is 0 Å². The van der Waals surface area contributed by atoms with Gasteiger partial charge in [0, 0.05) is 13.2 Å². The average molecular weight is 491 g/mol. The van der Waals surface area contributed by atoms with E-state index in [2.05, 4.69) is 6.92 Å². The molecule has 4 rings (SSSR count). The van der Waals surface area contributed by atoms with Gasteiger partial charge in [0.15, 0.2) is 6.29 Å². The van der Waals surface area contributed by atoms with E-state index in [0.717, 1.165) is 25.7 Å². The van der Waals surface area contributed by atoms with Crippen LogP contribution in [0.15, 0.2) is 24.3 Å². The molecule has 3 N–H and O–H groups in total. The van der Waals surface area contributed by atoms with E-state index in [-0.39, 0.29) is 18.4 Å². The third kappa shape index (κ3) is 5.54. The Kier molecular flexibility index (Phi) is 8.77. The fourth-order valence-corrected chi connectivity index (χ4v) is 5.34. The lowest BCUT2D eigenvalue weighted by atomic mass is 9.97. The van der Waals surface area contributed by atoms with E-state index in [1.165, 1.54) is 24.2 Å². The number of aliphatic hydroxyl groups excluding tert-OH is 3. The smallest absolute Gasteiger partial charge is 0.256 e. The first-order chi connectivity index (χ1) is 16.9. The summed E-state index contributed by atoms with van der Waals surface area (Å²) in [6, 6.07) is 6.35. The Balaban J connectivity index is 1.46. The number of benzene rings is 1. The molecule has 35 heavy (non-hydrogen) atoms. The maximum Gasteiger partial charge on any atom is 0.256 e. The summed E-state index contributed by atoms with van der Waals surface area (Å²) in [5.74, 6) is -0.415. The van der Waals surface area contributed by atoms with Crippen LogP contribution in [0, 0.1) is 0 Å². The molecule has 1 aromatic rings. The highest BCUT2D eigenvalue weighted by Crippen LogP contribution is 2.34. The van der Waals surface area contributed by atoms with Crippen LogP contribution in [0.2, 0.25) is 0 Å². The number of anilines is 1. The monoisotopic (exact) mass is 490 g/mol. The second kappa shape index (κ2) is 11.8. The van der Waals surface area contributed by atoms with Crippen LogP contribution in [0.1, 0.15) is 68.6 Å². The topological polar surface area (TPSA) is 120 Å². The van der Waals surface area contributed by atoms with Gasteiger partial charge in [0.05, 0.1) is 17.8 Å². The van der Waals surface area contributed by atoms with E-state index >= 15 is 0 Å². The van der Waals surface area contributed by atoms with Crippen molar-refractivity contribution in [3.63, 3.8) is 0 Å². The molecule has 1 aromatic carbocycles. The summed E-state index contributed by atoms with van der Waals surface area (Å²) in [7, 11) is 0. The summed E-state index contributed by atoms with van der Waals surface area (Å²) in [6.07, 6.45) is 1.51. The standard InChI is InChI=1S/C26H38N2O7/c1-2-3-4-5-6-9-15-34-23-21(29)20(35-26(33)22(23)30)16-28-18-12-8-7-11-17(18)24(31)27-14-10-13-19(27)25(28)32/h7-8,11-12,19-23,26,29-30,33H,2-6,9-10,13-16H2,1H3/t19?,20-,21-,22-,23+,26?/m1/s1. The Labute approximate surface area is 206 Å². The number of para-hydroxylation sites is 1. The molecule has 3 heterocycles. The van der Waals surface area contributed by atoms with Crippen LogP contribution < -0.4 is 4.90 Å². The first-order valence-electron chi connectivity index (χ1n) is 13.0. The number of unbranched alkanes of at least 4 members (excludes halogenated alkanes) is 5. The number of hydrogen-bond donors (Lipinski definition) is 3. The van der Waals surface area contributed by atoms with Crippen LogP contribution in [0.3, 0.4) is 0 Å². The van der Waals surface area contributed by atoms with Crippen LogP contribution in [0.4, 0.5) is 5.69 Å². The molecule has 6 atom stereocenters. The molecule has 2 amide bonds. The number of rotatable bonds is 10. The van der Waals surface area contributed by atoms with Crippen molar-refractivity contribution in [3.8, 4) is 0 Å². The highest BCUT2D eigenvalue weighted by atomic mass is 16.6. The lowest BCUT2D eigenvalue weighted by molar-refractivity contribution is -0.287. The summed E-state index contributed by atoms with van der Waals surface area (Å²) in [4.78, 5) is 29.7. The Hall–Kier alpha value is -2.04. The number of carbonyl (C=O) groups is 2. The minimum Gasteiger partial charge on any atom is -0.388 e. The number of amides is 2. The Morgan fingerprint density at radius 3 is 2.57 bits per heavy atom. The van der Waals surface area contributed by atoms with Crippen molar-refractivity contribution in [3.05, 3.63) is 29.8 Å². The number of ether oxygens (including phenoxy) is 2. The van der Waals surface area contributed by atoms with E-state index in [1.807, 2.05) is 0 Å². The lowest BCUT2D eigenvalue weighted by Gasteiger charge is -2.42. The van der Waals surface area contributed by atoms with Gasteiger partial charge >= 0.3 is 0 Å². The van der Waals surface area contributed by atoms with Crippen LogP contribution in [-0.2, 0) is 14.3 Å². The average Bonchev–Trinajstić information content (AvgIpc) is 3.33. The van der Waals surface area contributed by atoms with Crippen molar-refractivity contribution in [1.29, 1.82) is 0 Å². The van der Waals surface area contributed by atoms with Gasteiger partial charge in [-0.15, -0.1) is 0 Å². The minimum absolute atomic E-state index is 0.0741. The van der Waals surface area contributed by atoms with E-state index < -0.39 is 36.7 Å². The van der Waals surface area contributed by atoms with Gasteiger partial charge in [0.25, 0.3) is 5.91 Å². The van der Waals surface area contributed by atoms with Gasteiger partial charge in [0.1, 0.15) is 30.5 Å². The van der Waals surface area contributed by atoms with Gasteiger partial charge in [-0.1, -0.05) is 51.2 Å². The van der Waals surface area contributed by atoms with Crippen LogP contribution in [0.5, 0.6) is 0 Å². The molecule has 0 spiro atoms. The molecule has 9 heteroatoms. The molecule has 0 bridgehead atoms. The Morgan fingerprint density at radius 1 is 1.03 bits per heavy atom. The number of hydrogen-bond acceptors (Lipinski definition) is 7. The molecule has 0 aromatic heterocycles. The second-order valence-electron chi connectivity index (χ2n) is 9.77. The fraction of sp³-hybridized carbons (Fsp3) is 0.692. The third-order valence-corrected chi connectivity index (χ3v) is 7.32. The summed E-state index contributed by atoms with van der Waals surface area (Å²) < 4.78 is 11.3. The van der Waals surface area contributed by atoms with Gasteiger partial charge in [-0.05, 0) is 31.4 Å². The Bertz CT molecular complexity index is 881. The normalized spacial score (nSPS) is 30.9. The molecule has 0 saturated carbocycles. The predicted octanol–water partition coefficient (Wildman–Crippen LogP) is 1.82. The van der Waals surface area contributed by atoms with E-state index in [0.29, 0.717) is 30.8 Å². The fourth-order valence-electron chi connectivity index (χ4n) is 5.34. The molecule has 3 aliphatic rings. The van der Waals surface area contributed by atoms with Crippen molar-refractivity contribution in [2.45, 2.75) is 95.0 Å². The molecule has 194 valence electrons. The molecule has 0 radical (unpaired) electrons. The minimum atomic E-state index is -1.56. The quantitative estimate of drug-likeness (QED) is 0.428. The number of carbonyl (C=O) groups excluding carboxylic acids is 2. The summed E-state index contributed by atoms with van der Waals surface area (Å²) >= 11 is 0. The molecule has 2 unspecified atom stereocenters. The van der Waals surface area contributed by atoms with Gasteiger partial charge < -0.3 is 34.6 Å². The van der Waals surface area contributed by atoms with Gasteiger partial charge in [-0.2, -0.15) is 0 Å².